The van der Waals surface area contributed by atoms with Gasteiger partial charge < -0.3 is 15.2 Å². The van der Waals surface area contributed by atoms with Crippen molar-refractivity contribution in [3.8, 4) is 0 Å². The van der Waals surface area contributed by atoms with E-state index in [0.29, 0.717) is 12.0 Å². The Balaban J connectivity index is 2.68. The molecule has 0 bridgehead atoms. The molecule has 0 saturated heterocycles. The Morgan fingerprint density at radius 1 is 1.35 bits per heavy atom. The van der Waals surface area contributed by atoms with Gasteiger partial charge in [0.05, 0.1) is 12.5 Å². The Kier molecular flexibility index (Phi) is 6.11. The average molecular weight is 283 g/mol. The number of hydrogen-bond donors (Lipinski definition) is 2. The van der Waals surface area contributed by atoms with Gasteiger partial charge in [0.15, 0.2) is 6.10 Å². The van der Waals surface area contributed by atoms with E-state index in [1.165, 1.54) is 19.2 Å². The lowest BCUT2D eigenvalue weighted by molar-refractivity contribution is -0.148. The molecule has 0 aliphatic heterocycles. The van der Waals surface area contributed by atoms with E-state index in [9.17, 15) is 14.0 Å². The molecule has 1 aromatic rings. The number of carboxylic acids is 1. The molecule has 20 heavy (non-hydrogen) atoms. The van der Waals surface area contributed by atoms with E-state index in [0.717, 1.165) is 0 Å². The maximum atomic E-state index is 12.9. The largest absolute Gasteiger partial charge is 0.479 e. The molecule has 0 fully saturated rings. The number of hydrogen-bond acceptors (Lipinski definition) is 3. The first kappa shape index (κ1) is 16.1. The van der Waals surface area contributed by atoms with Crippen molar-refractivity contribution in [1.82, 2.24) is 5.32 Å². The zero-order valence-corrected chi connectivity index (χ0v) is 11.4. The van der Waals surface area contributed by atoms with Crippen LogP contribution in [0.15, 0.2) is 24.3 Å². The van der Waals surface area contributed by atoms with Crippen molar-refractivity contribution in [1.29, 1.82) is 0 Å². The van der Waals surface area contributed by atoms with Gasteiger partial charge in [-0.05, 0) is 24.1 Å². The minimum absolute atomic E-state index is 0.109. The Morgan fingerprint density at radius 2 is 1.95 bits per heavy atom. The third-order valence-corrected chi connectivity index (χ3v) is 3.02. The molecular formula is C14H18FNO4. The highest BCUT2D eigenvalue weighted by atomic mass is 19.1. The van der Waals surface area contributed by atoms with Crippen molar-refractivity contribution in [2.24, 2.45) is 0 Å². The predicted octanol–water partition coefficient (Wildman–Crippen LogP) is 1.54. The van der Waals surface area contributed by atoms with Crippen LogP contribution in [0.1, 0.15) is 24.8 Å². The first-order valence-corrected chi connectivity index (χ1v) is 6.28. The average Bonchev–Trinajstić information content (AvgIpc) is 2.42. The number of rotatable bonds is 7. The first-order valence-electron chi connectivity index (χ1n) is 6.28. The van der Waals surface area contributed by atoms with E-state index in [2.05, 4.69) is 5.32 Å². The summed E-state index contributed by atoms with van der Waals surface area (Å²) in [5, 5.41) is 11.4. The second-order valence-electron chi connectivity index (χ2n) is 4.32. The lowest BCUT2D eigenvalue weighted by Crippen LogP contribution is -2.39. The van der Waals surface area contributed by atoms with E-state index in [1.54, 1.807) is 12.1 Å². The highest BCUT2D eigenvalue weighted by molar-refractivity contribution is 5.84. The van der Waals surface area contributed by atoms with E-state index >= 15 is 0 Å². The maximum Gasteiger partial charge on any atom is 0.334 e. The Morgan fingerprint density at radius 3 is 2.40 bits per heavy atom. The number of carbonyl (C=O) groups excluding carboxylic acids is 1. The number of ether oxygens (including phenoxy) is 1. The normalized spacial score (nSPS) is 13.6. The van der Waals surface area contributed by atoms with Gasteiger partial charge in [-0.1, -0.05) is 19.1 Å². The van der Waals surface area contributed by atoms with Crippen molar-refractivity contribution in [3.05, 3.63) is 35.6 Å². The third kappa shape index (κ3) is 4.31. The summed E-state index contributed by atoms with van der Waals surface area (Å²) in [4.78, 5) is 22.8. The number of carboxylic acid groups (broad SMARTS) is 1. The van der Waals surface area contributed by atoms with Crippen molar-refractivity contribution >= 4 is 11.9 Å². The topological polar surface area (TPSA) is 75.6 Å². The fourth-order valence-corrected chi connectivity index (χ4v) is 1.86. The van der Waals surface area contributed by atoms with Crippen LogP contribution in [0.25, 0.3) is 0 Å². The molecule has 0 aliphatic carbocycles. The van der Waals surface area contributed by atoms with Crippen molar-refractivity contribution in [2.45, 2.75) is 25.4 Å². The lowest BCUT2D eigenvalue weighted by Gasteiger charge is -2.17. The smallest absolute Gasteiger partial charge is 0.334 e. The van der Waals surface area contributed by atoms with Crippen molar-refractivity contribution in [2.75, 3.05) is 13.7 Å². The highest BCUT2D eigenvalue weighted by Gasteiger charge is 2.22. The quantitative estimate of drug-likeness (QED) is 0.796. The zero-order valence-electron chi connectivity index (χ0n) is 11.4. The van der Waals surface area contributed by atoms with Crippen molar-refractivity contribution in [3.63, 3.8) is 0 Å². The number of halogens is 1. The van der Waals surface area contributed by atoms with Crippen LogP contribution in [-0.2, 0) is 14.3 Å². The van der Waals surface area contributed by atoms with Crippen LogP contribution in [0.2, 0.25) is 0 Å². The van der Waals surface area contributed by atoms with E-state index in [1.807, 2.05) is 6.92 Å². The summed E-state index contributed by atoms with van der Waals surface area (Å²) in [5.74, 6) is -2.25. The van der Waals surface area contributed by atoms with Gasteiger partial charge in [0.1, 0.15) is 5.82 Å². The first-order chi connectivity index (χ1) is 9.49. The number of methoxy groups -OCH3 is 1. The maximum absolute atomic E-state index is 12.9. The Bertz CT molecular complexity index is 461. The highest BCUT2D eigenvalue weighted by Crippen LogP contribution is 2.20. The molecule has 0 heterocycles. The number of nitrogens with one attached hydrogen (secondary N) is 1. The van der Waals surface area contributed by atoms with Crippen LogP contribution in [0, 0.1) is 5.82 Å². The molecule has 1 rings (SSSR count). The minimum atomic E-state index is -1.14. The molecule has 1 amide bonds. The zero-order chi connectivity index (χ0) is 15.1. The van der Waals surface area contributed by atoms with Gasteiger partial charge in [0.2, 0.25) is 5.91 Å². The van der Waals surface area contributed by atoms with Crippen molar-refractivity contribution < 1.29 is 23.8 Å². The number of amides is 1. The van der Waals surface area contributed by atoms with Crippen LogP contribution in [-0.4, -0.2) is 36.7 Å². The fourth-order valence-electron chi connectivity index (χ4n) is 1.86. The van der Waals surface area contributed by atoms with Crippen LogP contribution in [0.4, 0.5) is 4.39 Å². The lowest BCUT2D eigenvalue weighted by atomic mass is 9.95. The molecule has 0 spiro atoms. The SMILES string of the molecule is CCC(C(=O)NCC(OC)C(=O)O)c1ccc(F)cc1. The summed E-state index contributed by atoms with van der Waals surface area (Å²) in [6.07, 6.45) is -0.549. The number of benzene rings is 1. The molecule has 5 nitrogen and oxygen atoms in total. The summed E-state index contributed by atoms with van der Waals surface area (Å²) >= 11 is 0. The van der Waals surface area contributed by atoms with Gasteiger partial charge in [-0.2, -0.15) is 0 Å². The van der Waals surface area contributed by atoms with Gasteiger partial charge >= 0.3 is 5.97 Å². The molecule has 6 heteroatoms. The second-order valence-corrected chi connectivity index (χ2v) is 4.32. The van der Waals surface area contributed by atoms with Gasteiger partial charge in [-0.15, -0.1) is 0 Å². The van der Waals surface area contributed by atoms with Gasteiger partial charge in [-0.3, -0.25) is 4.79 Å². The summed E-state index contributed by atoms with van der Waals surface area (Å²) in [6.45, 7) is 1.72. The molecule has 2 unspecified atom stereocenters. The van der Waals surface area contributed by atoms with Crippen LogP contribution in [0.5, 0.6) is 0 Å². The summed E-state index contributed by atoms with van der Waals surface area (Å²) in [5.41, 5.74) is 0.690. The molecular weight excluding hydrogens is 265 g/mol. The Labute approximate surface area is 116 Å². The second kappa shape index (κ2) is 7.59. The minimum Gasteiger partial charge on any atom is -0.479 e. The molecule has 110 valence electrons. The Hall–Kier alpha value is -1.95. The van der Waals surface area contributed by atoms with E-state index in [-0.39, 0.29) is 18.3 Å². The van der Waals surface area contributed by atoms with E-state index in [4.69, 9.17) is 9.84 Å². The van der Waals surface area contributed by atoms with Crippen LogP contribution in [0.3, 0.4) is 0 Å². The molecule has 0 radical (unpaired) electrons. The molecule has 2 atom stereocenters. The summed E-state index contributed by atoms with van der Waals surface area (Å²) in [7, 11) is 1.27. The third-order valence-electron chi connectivity index (χ3n) is 3.02. The van der Waals surface area contributed by atoms with Gasteiger partial charge in [-0.25, -0.2) is 9.18 Å². The standard InChI is InChI=1S/C14H18FNO4/c1-3-11(9-4-6-10(15)7-5-9)13(17)16-8-12(20-2)14(18)19/h4-7,11-12H,3,8H2,1-2H3,(H,16,17)(H,18,19). The molecule has 0 saturated carbocycles. The van der Waals surface area contributed by atoms with Gasteiger partial charge in [0, 0.05) is 7.11 Å². The number of aliphatic carboxylic acids is 1. The molecule has 1 aromatic carbocycles. The van der Waals surface area contributed by atoms with Gasteiger partial charge in [0.25, 0.3) is 0 Å². The number of carbonyl (C=O) groups is 2. The van der Waals surface area contributed by atoms with Crippen LogP contribution < -0.4 is 5.32 Å². The van der Waals surface area contributed by atoms with E-state index < -0.39 is 18.0 Å². The van der Waals surface area contributed by atoms with Crippen LogP contribution >= 0.6 is 0 Å². The summed E-state index contributed by atoms with van der Waals surface area (Å²) in [6, 6.07) is 5.68. The molecule has 2 N–H and O–H groups in total. The summed E-state index contributed by atoms with van der Waals surface area (Å²) < 4.78 is 17.6. The predicted molar refractivity (Wildman–Crippen MR) is 70.9 cm³/mol. The monoisotopic (exact) mass is 283 g/mol. The molecule has 0 aliphatic rings. The fraction of sp³-hybridized carbons (Fsp3) is 0.429. The molecule has 0 aromatic heterocycles.